The second-order valence-electron chi connectivity index (χ2n) is 10.3. The number of nitrogens with zero attached hydrogens (tertiary/aromatic N) is 4. The predicted molar refractivity (Wildman–Crippen MR) is 150 cm³/mol. The number of nitrogens with two attached hydrogens (primary N) is 1. The van der Waals surface area contributed by atoms with Crippen LogP contribution in [0.3, 0.4) is 0 Å². The van der Waals surface area contributed by atoms with Gasteiger partial charge in [-0.3, -0.25) is 4.79 Å². The first-order chi connectivity index (χ1) is 18.7. The zero-order chi connectivity index (χ0) is 27.6. The second-order valence-corrected chi connectivity index (χ2v) is 12.1. The highest BCUT2D eigenvalue weighted by atomic mass is 32.2. The van der Waals surface area contributed by atoms with Crippen LogP contribution in [0.25, 0.3) is 5.69 Å². The first-order valence-electron chi connectivity index (χ1n) is 12.9. The molecular weight excluding hydrogens is 520 g/mol. The molecule has 0 radical (unpaired) electrons. The molecule has 11 nitrogen and oxygen atoms in total. The number of para-hydroxylation sites is 1. The highest BCUT2D eigenvalue weighted by Gasteiger charge is 2.39. The van der Waals surface area contributed by atoms with Gasteiger partial charge in [-0.2, -0.15) is 27.2 Å². The van der Waals surface area contributed by atoms with E-state index in [0.29, 0.717) is 42.5 Å². The molecule has 1 aliphatic carbocycles. The van der Waals surface area contributed by atoms with Gasteiger partial charge < -0.3 is 20.1 Å². The monoisotopic (exact) mass is 554 g/mol. The van der Waals surface area contributed by atoms with Crippen molar-refractivity contribution in [3.8, 4) is 17.2 Å². The highest BCUT2D eigenvalue weighted by molar-refractivity contribution is 7.87. The first-order valence-corrected chi connectivity index (χ1v) is 14.4. The number of hydrogen-bond acceptors (Lipinski definition) is 8. The van der Waals surface area contributed by atoms with E-state index in [9.17, 15) is 13.2 Å². The van der Waals surface area contributed by atoms with Crippen LogP contribution in [-0.2, 0) is 16.8 Å². The first kappa shape index (κ1) is 27.0. The fourth-order valence-corrected chi connectivity index (χ4v) is 5.62. The van der Waals surface area contributed by atoms with Crippen LogP contribution in [0.1, 0.15) is 25.3 Å². The van der Waals surface area contributed by atoms with Crippen LogP contribution < -0.4 is 30.4 Å². The molecule has 12 heteroatoms. The van der Waals surface area contributed by atoms with Gasteiger partial charge in [-0.1, -0.05) is 31.2 Å². The molecule has 0 spiro atoms. The molecular formula is C27H34N6O5S. The van der Waals surface area contributed by atoms with Gasteiger partial charge in [-0.05, 0) is 42.7 Å². The van der Waals surface area contributed by atoms with Crippen LogP contribution in [0.4, 0.5) is 11.4 Å². The summed E-state index contributed by atoms with van der Waals surface area (Å²) in [4.78, 5) is 15.5. The summed E-state index contributed by atoms with van der Waals surface area (Å²) in [6, 6.07) is 14.4. The smallest absolute Gasteiger partial charge is 0.316 e. The Kier molecular flexibility index (Phi) is 7.52. The molecule has 0 amide bonds. The maximum atomic E-state index is 13.5. The van der Waals surface area contributed by atoms with Gasteiger partial charge in [0.1, 0.15) is 11.4 Å². The lowest BCUT2D eigenvalue weighted by Gasteiger charge is -2.35. The molecule has 2 aromatic carbocycles. The Morgan fingerprint density at radius 1 is 1.08 bits per heavy atom. The average Bonchev–Trinajstić information content (AvgIpc) is 3.69. The fraction of sp³-hybridized carbons (Fsp3) is 0.407. The van der Waals surface area contributed by atoms with E-state index in [1.807, 2.05) is 35.2 Å². The van der Waals surface area contributed by atoms with E-state index in [1.54, 1.807) is 24.4 Å². The highest BCUT2D eigenvalue weighted by Crippen LogP contribution is 2.45. The summed E-state index contributed by atoms with van der Waals surface area (Å²) >= 11 is 0. The summed E-state index contributed by atoms with van der Waals surface area (Å²) in [5.41, 5.74) is 8.05. The van der Waals surface area contributed by atoms with Crippen LogP contribution in [0, 0.1) is 5.41 Å². The van der Waals surface area contributed by atoms with Crippen LogP contribution in [0.5, 0.6) is 11.5 Å². The van der Waals surface area contributed by atoms with Crippen molar-refractivity contribution >= 4 is 21.6 Å². The molecule has 0 atom stereocenters. The van der Waals surface area contributed by atoms with Crippen molar-refractivity contribution in [2.45, 2.75) is 26.3 Å². The standard InChI is InChI=1S/C27H34N6O5S/c1-27(10-11-27)19-38-25-23(18-29-33(26(25)34)21-6-4-3-5-7-21)31-12-14-32(15-13-31)39(35,36)30-17-20-8-9-22(28)24(16-20)37-2/h3-9,16,18,30H,10-15,17,19,28H2,1-2H3. The Balaban J connectivity index is 1.29. The van der Waals surface area contributed by atoms with Crippen molar-refractivity contribution in [2.75, 3.05) is 50.5 Å². The molecule has 1 saturated carbocycles. The molecule has 208 valence electrons. The van der Waals surface area contributed by atoms with Crippen LogP contribution >= 0.6 is 0 Å². The van der Waals surface area contributed by atoms with Gasteiger partial charge in [0.2, 0.25) is 5.75 Å². The zero-order valence-electron chi connectivity index (χ0n) is 22.2. The molecule has 1 aliphatic heterocycles. The molecule has 3 aromatic rings. The Labute approximate surface area is 228 Å². The van der Waals surface area contributed by atoms with E-state index in [0.717, 1.165) is 18.4 Å². The third-order valence-corrected chi connectivity index (χ3v) is 8.81. The summed E-state index contributed by atoms with van der Waals surface area (Å²) in [5, 5.41) is 4.41. The summed E-state index contributed by atoms with van der Waals surface area (Å²) in [7, 11) is -2.21. The SMILES string of the molecule is COc1cc(CNS(=O)(=O)N2CCN(c3cnn(-c4ccccc4)c(=O)c3OCC3(C)CC3)CC2)ccc1N. The van der Waals surface area contributed by atoms with E-state index in [1.165, 1.54) is 16.1 Å². The molecule has 3 N–H and O–H groups in total. The Morgan fingerprint density at radius 2 is 1.79 bits per heavy atom. The number of methoxy groups -OCH3 is 1. The molecule has 1 aromatic heterocycles. The third-order valence-electron chi connectivity index (χ3n) is 7.26. The number of nitrogen functional groups attached to an aromatic ring is 1. The Hall–Kier alpha value is -3.61. The van der Waals surface area contributed by atoms with Gasteiger partial charge >= 0.3 is 5.56 Å². The summed E-state index contributed by atoms with van der Waals surface area (Å²) in [6.45, 7) is 3.97. The van der Waals surface area contributed by atoms with Gasteiger partial charge in [0, 0.05) is 38.1 Å². The molecule has 0 unspecified atom stereocenters. The zero-order valence-corrected chi connectivity index (χ0v) is 23.0. The topological polar surface area (TPSA) is 132 Å². The van der Waals surface area contributed by atoms with Gasteiger partial charge in [0.05, 0.1) is 31.3 Å². The Bertz CT molecular complexity index is 1480. The minimum atomic E-state index is -3.73. The number of piperazine rings is 1. The lowest BCUT2D eigenvalue weighted by Crippen LogP contribution is -2.52. The molecule has 1 saturated heterocycles. The molecule has 2 heterocycles. The lowest BCUT2D eigenvalue weighted by molar-refractivity contribution is 0.242. The number of ether oxygens (including phenoxy) is 2. The Morgan fingerprint density at radius 3 is 2.46 bits per heavy atom. The average molecular weight is 555 g/mol. The van der Waals surface area contributed by atoms with E-state index in [2.05, 4.69) is 16.7 Å². The minimum Gasteiger partial charge on any atom is -0.495 e. The minimum absolute atomic E-state index is 0.0808. The van der Waals surface area contributed by atoms with Crippen molar-refractivity contribution in [3.63, 3.8) is 0 Å². The predicted octanol–water partition coefficient (Wildman–Crippen LogP) is 2.16. The summed E-state index contributed by atoms with van der Waals surface area (Å²) < 4.78 is 42.8. The van der Waals surface area contributed by atoms with Crippen molar-refractivity contribution in [1.29, 1.82) is 0 Å². The van der Waals surface area contributed by atoms with Gasteiger partial charge in [0.25, 0.3) is 10.2 Å². The van der Waals surface area contributed by atoms with E-state index < -0.39 is 10.2 Å². The molecule has 39 heavy (non-hydrogen) atoms. The van der Waals surface area contributed by atoms with E-state index in [-0.39, 0.29) is 36.4 Å². The number of rotatable bonds is 10. The van der Waals surface area contributed by atoms with E-state index in [4.69, 9.17) is 15.2 Å². The lowest BCUT2D eigenvalue weighted by atomic mass is 10.2. The summed E-state index contributed by atoms with van der Waals surface area (Å²) in [6.07, 6.45) is 3.76. The number of benzene rings is 2. The third kappa shape index (κ3) is 6.02. The van der Waals surface area contributed by atoms with Crippen LogP contribution in [-0.4, -0.2) is 62.4 Å². The fourth-order valence-electron chi connectivity index (χ4n) is 4.45. The van der Waals surface area contributed by atoms with Crippen molar-refractivity contribution < 1.29 is 17.9 Å². The second kappa shape index (κ2) is 10.9. The molecule has 5 rings (SSSR count). The van der Waals surface area contributed by atoms with Crippen LogP contribution in [0.2, 0.25) is 0 Å². The van der Waals surface area contributed by atoms with Crippen LogP contribution in [0.15, 0.2) is 59.5 Å². The van der Waals surface area contributed by atoms with Gasteiger partial charge in [-0.15, -0.1) is 0 Å². The van der Waals surface area contributed by atoms with Gasteiger partial charge in [-0.25, -0.2) is 0 Å². The summed E-state index contributed by atoms with van der Waals surface area (Å²) in [5.74, 6) is 0.741. The normalized spacial score (nSPS) is 17.1. The van der Waals surface area contributed by atoms with E-state index >= 15 is 0 Å². The quantitative estimate of drug-likeness (QED) is 0.365. The molecule has 2 fully saturated rings. The molecule has 0 bridgehead atoms. The number of anilines is 2. The van der Waals surface area contributed by atoms with Gasteiger partial charge in [0.15, 0.2) is 0 Å². The number of aromatic nitrogens is 2. The largest absolute Gasteiger partial charge is 0.495 e. The molecule has 2 aliphatic rings. The number of hydrogen-bond donors (Lipinski definition) is 2. The van der Waals surface area contributed by atoms with Crippen molar-refractivity contribution in [2.24, 2.45) is 5.41 Å². The maximum absolute atomic E-state index is 13.5. The van der Waals surface area contributed by atoms with Crippen molar-refractivity contribution in [1.82, 2.24) is 18.8 Å². The number of nitrogens with one attached hydrogen (secondary N) is 1. The maximum Gasteiger partial charge on any atom is 0.316 e. The van der Waals surface area contributed by atoms with Crippen molar-refractivity contribution in [3.05, 3.63) is 70.6 Å².